The van der Waals surface area contributed by atoms with Crippen molar-refractivity contribution in [2.45, 2.75) is 18.9 Å². The van der Waals surface area contributed by atoms with E-state index in [0.717, 1.165) is 0 Å². The van der Waals surface area contributed by atoms with Crippen LogP contribution in [-0.4, -0.2) is 54.1 Å². The van der Waals surface area contributed by atoms with Crippen LogP contribution in [-0.2, 0) is 9.59 Å². The van der Waals surface area contributed by atoms with Crippen LogP contribution >= 0.6 is 0 Å². The molecule has 7 nitrogen and oxygen atoms in total. The van der Waals surface area contributed by atoms with E-state index in [0.29, 0.717) is 13.0 Å². The first-order valence-corrected chi connectivity index (χ1v) is 7.19. The number of para-hydroxylation sites is 1. The van der Waals surface area contributed by atoms with Crippen LogP contribution < -0.4 is 10.2 Å². The van der Waals surface area contributed by atoms with Crippen molar-refractivity contribution in [1.29, 1.82) is 0 Å². The fourth-order valence-corrected chi connectivity index (χ4v) is 2.35. The number of nitrogens with zero attached hydrogens (tertiary/aromatic N) is 2. The van der Waals surface area contributed by atoms with Gasteiger partial charge < -0.3 is 20.2 Å². The second-order valence-electron chi connectivity index (χ2n) is 5.30. The van der Waals surface area contributed by atoms with E-state index in [1.54, 1.807) is 6.07 Å². The number of carboxylic acid groups (broad SMARTS) is 1. The zero-order valence-electron chi connectivity index (χ0n) is 12.7. The second-order valence-corrected chi connectivity index (χ2v) is 5.30. The first-order chi connectivity index (χ1) is 10.9. The lowest BCUT2D eigenvalue weighted by atomic mass is 10.2. The van der Waals surface area contributed by atoms with Crippen molar-refractivity contribution in [2.24, 2.45) is 0 Å². The van der Waals surface area contributed by atoms with Gasteiger partial charge in [0.25, 0.3) is 0 Å². The molecule has 0 aromatic heterocycles. The van der Waals surface area contributed by atoms with Gasteiger partial charge >= 0.3 is 12.0 Å². The third-order valence-corrected chi connectivity index (χ3v) is 3.65. The molecule has 23 heavy (non-hydrogen) atoms. The number of aliphatic carboxylic acids is 1. The number of benzene rings is 1. The molecule has 3 amide bonds. The van der Waals surface area contributed by atoms with Gasteiger partial charge in [0.1, 0.15) is 11.9 Å². The predicted molar refractivity (Wildman–Crippen MR) is 80.6 cm³/mol. The number of amides is 3. The highest BCUT2D eigenvalue weighted by Gasteiger charge is 2.35. The average Bonchev–Trinajstić information content (AvgIpc) is 2.86. The van der Waals surface area contributed by atoms with E-state index in [1.807, 2.05) is 0 Å². The first kappa shape index (κ1) is 16.7. The lowest BCUT2D eigenvalue weighted by Gasteiger charge is -2.21. The number of hydrogen-bond donors (Lipinski definition) is 2. The number of carbonyl (C=O) groups excluding carboxylic acids is 2. The van der Waals surface area contributed by atoms with Crippen molar-refractivity contribution in [1.82, 2.24) is 10.2 Å². The van der Waals surface area contributed by atoms with Crippen molar-refractivity contribution in [3.05, 3.63) is 30.1 Å². The molecule has 1 aromatic rings. The molecular formula is C15H18FN3O4. The SMILES string of the molecule is CN(CCC(=O)O)C(=O)NC1CCN(c2ccccc2F)C1=O. The Morgan fingerprint density at radius 1 is 1.43 bits per heavy atom. The van der Waals surface area contributed by atoms with Crippen LogP contribution in [0.1, 0.15) is 12.8 Å². The van der Waals surface area contributed by atoms with E-state index in [2.05, 4.69) is 5.32 Å². The summed E-state index contributed by atoms with van der Waals surface area (Å²) >= 11 is 0. The van der Waals surface area contributed by atoms with Crippen LogP contribution in [0.2, 0.25) is 0 Å². The summed E-state index contributed by atoms with van der Waals surface area (Å²) in [6.07, 6.45) is 0.190. The molecule has 8 heteroatoms. The van der Waals surface area contributed by atoms with E-state index in [-0.39, 0.29) is 24.6 Å². The van der Waals surface area contributed by atoms with Crippen LogP contribution in [0.4, 0.5) is 14.9 Å². The Morgan fingerprint density at radius 2 is 2.13 bits per heavy atom. The Balaban J connectivity index is 1.96. The lowest BCUT2D eigenvalue weighted by Crippen LogP contribution is -2.47. The van der Waals surface area contributed by atoms with Gasteiger partial charge in [-0.2, -0.15) is 0 Å². The number of urea groups is 1. The smallest absolute Gasteiger partial charge is 0.317 e. The molecule has 1 aliphatic rings. The highest BCUT2D eigenvalue weighted by molar-refractivity contribution is 6.01. The summed E-state index contributed by atoms with van der Waals surface area (Å²) in [4.78, 5) is 37.3. The normalized spacial score (nSPS) is 17.2. The Kier molecular flexibility index (Phi) is 5.15. The molecule has 1 aliphatic heterocycles. The number of carbonyl (C=O) groups is 3. The summed E-state index contributed by atoms with van der Waals surface area (Å²) in [6, 6.07) is 4.69. The monoisotopic (exact) mass is 323 g/mol. The van der Waals surface area contributed by atoms with Crippen LogP contribution in [0.3, 0.4) is 0 Å². The molecule has 2 N–H and O–H groups in total. The minimum atomic E-state index is -1.01. The molecule has 2 rings (SSSR count). The topological polar surface area (TPSA) is 89.9 Å². The van der Waals surface area contributed by atoms with Crippen LogP contribution in [0.15, 0.2) is 24.3 Å². The lowest BCUT2D eigenvalue weighted by molar-refractivity contribution is -0.137. The van der Waals surface area contributed by atoms with Crippen molar-refractivity contribution in [2.75, 3.05) is 25.0 Å². The molecule has 124 valence electrons. The van der Waals surface area contributed by atoms with Crippen molar-refractivity contribution in [3.8, 4) is 0 Å². The maximum Gasteiger partial charge on any atom is 0.317 e. The fourth-order valence-electron chi connectivity index (χ4n) is 2.35. The van der Waals surface area contributed by atoms with Gasteiger partial charge in [-0.25, -0.2) is 9.18 Å². The second kappa shape index (κ2) is 7.08. The summed E-state index contributed by atoms with van der Waals surface area (Å²) < 4.78 is 13.8. The maximum absolute atomic E-state index is 13.8. The summed E-state index contributed by atoms with van der Waals surface area (Å²) in [5, 5.41) is 11.2. The van der Waals surface area contributed by atoms with Gasteiger partial charge in [-0.05, 0) is 18.6 Å². The average molecular weight is 323 g/mol. The van der Waals surface area contributed by atoms with Gasteiger partial charge in [0, 0.05) is 20.1 Å². The zero-order chi connectivity index (χ0) is 17.0. The number of anilines is 1. The van der Waals surface area contributed by atoms with Gasteiger partial charge in [0.05, 0.1) is 12.1 Å². The molecule has 0 aliphatic carbocycles. The number of halogens is 1. The molecule has 1 saturated heterocycles. The highest BCUT2D eigenvalue weighted by Crippen LogP contribution is 2.24. The highest BCUT2D eigenvalue weighted by atomic mass is 19.1. The molecule has 0 radical (unpaired) electrons. The fraction of sp³-hybridized carbons (Fsp3) is 0.400. The number of rotatable bonds is 5. The zero-order valence-corrected chi connectivity index (χ0v) is 12.7. The van der Waals surface area contributed by atoms with Crippen LogP contribution in [0, 0.1) is 5.82 Å². The summed E-state index contributed by atoms with van der Waals surface area (Å²) in [5.41, 5.74) is 0.188. The maximum atomic E-state index is 13.8. The molecule has 0 bridgehead atoms. The third kappa shape index (κ3) is 3.97. The number of carboxylic acids is 1. The molecule has 1 fully saturated rings. The minimum Gasteiger partial charge on any atom is -0.481 e. The molecule has 0 spiro atoms. The predicted octanol–water partition coefficient (Wildman–Crippen LogP) is 1.05. The molecule has 1 atom stereocenters. The van der Waals surface area contributed by atoms with Crippen molar-refractivity contribution in [3.63, 3.8) is 0 Å². The van der Waals surface area contributed by atoms with Gasteiger partial charge in [-0.1, -0.05) is 12.1 Å². The summed E-state index contributed by atoms with van der Waals surface area (Å²) in [6.45, 7) is 0.350. The number of nitrogens with one attached hydrogen (secondary N) is 1. The van der Waals surface area contributed by atoms with E-state index in [4.69, 9.17) is 5.11 Å². The molecule has 0 saturated carbocycles. The molecule has 1 heterocycles. The van der Waals surface area contributed by atoms with Gasteiger partial charge in [-0.15, -0.1) is 0 Å². The minimum absolute atomic E-state index is 0.0408. The molecule has 1 aromatic carbocycles. The Labute approximate surface area is 132 Å². The van der Waals surface area contributed by atoms with E-state index >= 15 is 0 Å². The largest absolute Gasteiger partial charge is 0.481 e. The van der Waals surface area contributed by atoms with Gasteiger partial charge in [0.2, 0.25) is 5.91 Å². The van der Waals surface area contributed by atoms with E-state index in [9.17, 15) is 18.8 Å². The summed E-state index contributed by atoms with van der Waals surface area (Å²) in [7, 11) is 1.45. The molecule has 1 unspecified atom stereocenters. The molecular weight excluding hydrogens is 305 g/mol. The Bertz CT molecular complexity index is 622. The van der Waals surface area contributed by atoms with Crippen LogP contribution in [0.25, 0.3) is 0 Å². The van der Waals surface area contributed by atoms with E-state index in [1.165, 1.54) is 35.0 Å². The van der Waals surface area contributed by atoms with Gasteiger partial charge in [0.15, 0.2) is 0 Å². The Hall–Kier alpha value is -2.64. The van der Waals surface area contributed by atoms with Crippen molar-refractivity contribution >= 4 is 23.6 Å². The quantitative estimate of drug-likeness (QED) is 0.847. The van der Waals surface area contributed by atoms with Gasteiger partial charge in [-0.3, -0.25) is 9.59 Å². The van der Waals surface area contributed by atoms with Crippen LogP contribution in [0.5, 0.6) is 0 Å². The summed E-state index contributed by atoms with van der Waals surface area (Å²) in [5.74, 6) is -1.88. The third-order valence-electron chi connectivity index (χ3n) is 3.65. The van der Waals surface area contributed by atoms with Crippen molar-refractivity contribution < 1.29 is 23.9 Å². The Morgan fingerprint density at radius 3 is 2.78 bits per heavy atom. The van der Waals surface area contributed by atoms with E-state index < -0.39 is 23.9 Å². The number of hydrogen-bond acceptors (Lipinski definition) is 3. The first-order valence-electron chi connectivity index (χ1n) is 7.19. The standard InChI is InChI=1S/C15H18FN3O4/c1-18(8-7-13(20)21)15(23)17-11-6-9-19(14(11)22)12-5-3-2-4-10(12)16/h2-5,11H,6-9H2,1H3,(H,17,23)(H,20,21).